The summed E-state index contributed by atoms with van der Waals surface area (Å²) in [6.07, 6.45) is 0. The van der Waals surface area contributed by atoms with E-state index in [-0.39, 0.29) is 4.90 Å². The number of aryl methyl sites for hydroxylation is 2. The van der Waals surface area contributed by atoms with Crippen molar-refractivity contribution in [3.8, 4) is 0 Å². The predicted octanol–water partition coefficient (Wildman–Crippen LogP) is 6.16. The molecule has 0 saturated heterocycles. The fourth-order valence-electron chi connectivity index (χ4n) is 2.75. The van der Waals surface area contributed by atoms with Crippen LogP contribution in [0.5, 0.6) is 0 Å². The minimum atomic E-state index is -3.86. The van der Waals surface area contributed by atoms with E-state index in [1.807, 2.05) is 19.1 Å². The van der Waals surface area contributed by atoms with Crippen LogP contribution in [0.3, 0.4) is 0 Å². The molecule has 0 bridgehead atoms. The van der Waals surface area contributed by atoms with E-state index in [2.05, 4.69) is 31.3 Å². The lowest BCUT2D eigenvalue weighted by atomic mass is 10.2. The smallest absolute Gasteiger partial charge is 0.308 e. The Balaban J connectivity index is 1.78. The number of carbonyl (C=O) groups excluding carboxylic acids is 1. The molecule has 0 aromatic heterocycles. The third-order valence-electron chi connectivity index (χ3n) is 4.27. The number of urea groups is 1. The molecule has 3 rings (SSSR count). The van der Waals surface area contributed by atoms with Crippen molar-refractivity contribution in [1.29, 1.82) is 0 Å². The van der Waals surface area contributed by atoms with Crippen LogP contribution in [-0.4, -0.2) is 14.4 Å². The van der Waals surface area contributed by atoms with Crippen molar-refractivity contribution >= 4 is 60.6 Å². The number of amides is 2. The number of sulfonamides is 1. The van der Waals surface area contributed by atoms with Crippen LogP contribution >= 0.6 is 27.5 Å². The van der Waals surface area contributed by atoms with Crippen molar-refractivity contribution in [2.24, 2.45) is 0 Å². The van der Waals surface area contributed by atoms with Crippen LogP contribution in [-0.2, 0) is 10.0 Å². The van der Waals surface area contributed by atoms with Crippen LogP contribution < -0.4 is 15.4 Å². The molecular formula is C21H19BrClN3O3S. The molecule has 9 heteroatoms. The molecule has 156 valence electrons. The van der Waals surface area contributed by atoms with Crippen molar-refractivity contribution in [1.82, 2.24) is 0 Å². The minimum absolute atomic E-state index is 0.0649. The fraction of sp³-hybridized carbons (Fsp3) is 0.0952. The van der Waals surface area contributed by atoms with E-state index in [4.69, 9.17) is 11.6 Å². The van der Waals surface area contributed by atoms with Crippen molar-refractivity contribution in [2.75, 3.05) is 15.4 Å². The van der Waals surface area contributed by atoms with E-state index in [0.29, 0.717) is 27.6 Å². The molecule has 0 radical (unpaired) electrons. The lowest BCUT2D eigenvalue weighted by molar-refractivity contribution is 0.262. The first kappa shape index (κ1) is 22.1. The molecule has 3 aromatic rings. The Morgan fingerprint density at radius 1 is 0.867 bits per heavy atom. The second-order valence-corrected chi connectivity index (χ2v) is 9.63. The molecule has 30 heavy (non-hydrogen) atoms. The zero-order chi connectivity index (χ0) is 21.9. The number of benzene rings is 3. The zero-order valence-electron chi connectivity index (χ0n) is 16.2. The maximum Gasteiger partial charge on any atom is 0.323 e. The van der Waals surface area contributed by atoms with Crippen molar-refractivity contribution in [3.05, 3.63) is 81.3 Å². The topological polar surface area (TPSA) is 87.3 Å². The summed E-state index contributed by atoms with van der Waals surface area (Å²) in [6, 6.07) is 16.0. The summed E-state index contributed by atoms with van der Waals surface area (Å²) in [5.41, 5.74) is 2.83. The fourth-order valence-corrected chi connectivity index (χ4v) is 4.68. The van der Waals surface area contributed by atoms with E-state index in [0.717, 1.165) is 10.0 Å². The number of carbonyl (C=O) groups is 1. The van der Waals surface area contributed by atoms with Gasteiger partial charge in [0.1, 0.15) is 0 Å². The van der Waals surface area contributed by atoms with Gasteiger partial charge in [-0.3, -0.25) is 4.72 Å². The normalized spacial score (nSPS) is 11.1. The number of anilines is 3. The van der Waals surface area contributed by atoms with Gasteiger partial charge in [0.05, 0.1) is 4.90 Å². The lowest BCUT2D eigenvalue weighted by Crippen LogP contribution is -2.20. The molecule has 0 aliphatic carbocycles. The molecule has 0 heterocycles. The van der Waals surface area contributed by atoms with Crippen molar-refractivity contribution in [2.45, 2.75) is 18.7 Å². The number of halogens is 2. The highest BCUT2D eigenvalue weighted by Crippen LogP contribution is 2.24. The van der Waals surface area contributed by atoms with Gasteiger partial charge in [-0.05, 0) is 79.6 Å². The number of hydrogen-bond donors (Lipinski definition) is 3. The molecule has 0 aliphatic heterocycles. The Kier molecular flexibility index (Phi) is 6.70. The Hall–Kier alpha value is -2.55. The van der Waals surface area contributed by atoms with Gasteiger partial charge in [0.2, 0.25) is 0 Å². The van der Waals surface area contributed by atoms with Crippen molar-refractivity contribution in [3.63, 3.8) is 0 Å². The van der Waals surface area contributed by atoms with Gasteiger partial charge in [0.25, 0.3) is 10.0 Å². The van der Waals surface area contributed by atoms with Gasteiger partial charge in [0.15, 0.2) is 0 Å². The van der Waals surface area contributed by atoms with E-state index in [1.165, 1.54) is 6.07 Å². The SMILES string of the molecule is Cc1cc(Br)ccc1NC(=O)Nc1ccc(C)c(S(=O)(=O)Nc2ccc(Cl)cc2)c1. The predicted molar refractivity (Wildman–Crippen MR) is 125 cm³/mol. The summed E-state index contributed by atoms with van der Waals surface area (Å²) in [4.78, 5) is 12.4. The number of hydrogen-bond acceptors (Lipinski definition) is 3. The second-order valence-electron chi connectivity index (χ2n) is 6.63. The van der Waals surface area contributed by atoms with Gasteiger partial charge in [-0.15, -0.1) is 0 Å². The second kappa shape index (κ2) is 9.07. The Labute approximate surface area is 188 Å². The molecule has 3 aromatic carbocycles. The van der Waals surface area contributed by atoms with Crippen molar-refractivity contribution < 1.29 is 13.2 Å². The Bertz CT molecular complexity index is 1200. The quantitative estimate of drug-likeness (QED) is 0.385. The van der Waals surface area contributed by atoms with Gasteiger partial charge in [0, 0.05) is 26.6 Å². The van der Waals surface area contributed by atoms with Gasteiger partial charge < -0.3 is 10.6 Å². The highest BCUT2D eigenvalue weighted by Gasteiger charge is 2.18. The standard InChI is InChI=1S/C21H19BrClN3O3S/c1-13-3-7-18(24-21(27)25-19-10-4-15(22)11-14(19)2)12-20(13)30(28,29)26-17-8-5-16(23)6-9-17/h3-12,26H,1-2H3,(H2,24,25,27). The Morgan fingerprint density at radius 3 is 2.20 bits per heavy atom. The van der Waals surface area contributed by atoms with Crippen LogP contribution in [0.4, 0.5) is 21.9 Å². The monoisotopic (exact) mass is 507 g/mol. The first-order chi connectivity index (χ1) is 14.1. The van der Waals surface area contributed by atoms with Crippen LogP contribution in [0.15, 0.2) is 70.0 Å². The molecule has 0 saturated carbocycles. The van der Waals surface area contributed by atoms with E-state index in [1.54, 1.807) is 49.4 Å². The van der Waals surface area contributed by atoms with Crippen LogP contribution in [0.1, 0.15) is 11.1 Å². The molecule has 0 fully saturated rings. The summed E-state index contributed by atoms with van der Waals surface area (Å²) in [6.45, 7) is 3.56. The summed E-state index contributed by atoms with van der Waals surface area (Å²) in [7, 11) is -3.86. The molecule has 3 N–H and O–H groups in total. The van der Waals surface area contributed by atoms with Gasteiger partial charge in [-0.25, -0.2) is 13.2 Å². The van der Waals surface area contributed by atoms with Crippen LogP contribution in [0.25, 0.3) is 0 Å². The highest BCUT2D eigenvalue weighted by atomic mass is 79.9. The molecule has 0 unspecified atom stereocenters. The molecule has 0 aliphatic rings. The largest absolute Gasteiger partial charge is 0.323 e. The molecule has 0 atom stereocenters. The first-order valence-electron chi connectivity index (χ1n) is 8.87. The molecule has 0 spiro atoms. The molecule has 2 amide bonds. The highest BCUT2D eigenvalue weighted by molar-refractivity contribution is 9.10. The van der Waals surface area contributed by atoms with Crippen LogP contribution in [0, 0.1) is 13.8 Å². The van der Waals surface area contributed by atoms with Crippen LogP contribution in [0.2, 0.25) is 5.02 Å². The summed E-state index contributed by atoms with van der Waals surface area (Å²) >= 11 is 9.22. The summed E-state index contributed by atoms with van der Waals surface area (Å²) in [5.74, 6) is 0. The Morgan fingerprint density at radius 2 is 1.53 bits per heavy atom. The van der Waals surface area contributed by atoms with Gasteiger partial charge >= 0.3 is 6.03 Å². The van der Waals surface area contributed by atoms with Gasteiger partial charge in [-0.1, -0.05) is 33.6 Å². The van der Waals surface area contributed by atoms with Gasteiger partial charge in [-0.2, -0.15) is 0 Å². The summed E-state index contributed by atoms with van der Waals surface area (Å²) < 4.78 is 29.1. The third kappa shape index (κ3) is 5.53. The summed E-state index contributed by atoms with van der Waals surface area (Å²) in [5, 5.41) is 5.93. The molecule has 6 nitrogen and oxygen atoms in total. The minimum Gasteiger partial charge on any atom is -0.308 e. The molecular weight excluding hydrogens is 490 g/mol. The zero-order valence-corrected chi connectivity index (χ0v) is 19.3. The number of nitrogens with one attached hydrogen (secondary N) is 3. The van der Waals surface area contributed by atoms with E-state index >= 15 is 0 Å². The number of rotatable bonds is 5. The first-order valence-corrected chi connectivity index (χ1v) is 11.5. The maximum absolute atomic E-state index is 12.8. The lowest BCUT2D eigenvalue weighted by Gasteiger charge is -2.14. The average Bonchev–Trinajstić information content (AvgIpc) is 2.67. The van der Waals surface area contributed by atoms with E-state index in [9.17, 15) is 13.2 Å². The third-order valence-corrected chi connectivity index (χ3v) is 6.54. The van der Waals surface area contributed by atoms with E-state index < -0.39 is 16.1 Å². The average molecular weight is 509 g/mol. The maximum atomic E-state index is 12.8.